The molecule has 6 nitrogen and oxygen atoms in total. The Labute approximate surface area is 147 Å². The number of aliphatic carboxylic acids is 2. The van der Waals surface area contributed by atoms with Crippen molar-refractivity contribution in [3.63, 3.8) is 0 Å². The Hall–Kier alpha value is -0.302. The minimum atomic E-state index is -1.49. The van der Waals surface area contributed by atoms with Crippen LogP contribution in [0.3, 0.4) is 0 Å². The maximum absolute atomic E-state index is 9.97. The van der Waals surface area contributed by atoms with Gasteiger partial charge < -0.3 is 25.5 Å². The number of pyridine rings is 1. The molecule has 1 heterocycles. The molecule has 0 aromatic carbocycles. The third-order valence-corrected chi connectivity index (χ3v) is 4.35. The van der Waals surface area contributed by atoms with Gasteiger partial charge in [0.2, 0.25) is 0 Å². The quantitative estimate of drug-likeness (QED) is 0.421. The van der Waals surface area contributed by atoms with Crippen molar-refractivity contribution in [1.29, 1.82) is 0 Å². The van der Waals surface area contributed by atoms with Crippen molar-refractivity contribution < 1.29 is 40.9 Å². The van der Waals surface area contributed by atoms with E-state index in [0.717, 1.165) is 12.1 Å². The molecule has 2 unspecified atom stereocenters. The van der Waals surface area contributed by atoms with Crippen molar-refractivity contribution in [2.45, 2.75) is 16.1 Å². The van der Waals surface area contributed by atoms with Gasteiger partial charge >= 0.3 is 21.1 Å². The molecule has 9 heteroatoms. The summed E-state index contributed by atoms with van der Waals surface area (Å²) in [5.41, 5.74) is 6.39. The van der Waals surface area contributed by atoms with Crippen molar-refractivity contribution in [3.05, 3.63) is 30.1 Å². The number of nitrogens with two attached hydrogens (primary N) is 1. The topological polar surface area (TPSA) is 119 Å². The fraction of sp³-hybridized carbons (Fsp3) is 0.364. The molecule has 0 bridgehead atoms. The largest absolute Gasteiger partial charge is 2.00 e. The third kappa shape index (κ3) is 9.58. The van der Waals surface area contributed by atoms with Crippen LogP contribution in [0.25, 0.3) is 0 Å². The van der Waals surface area contributed by atoms with E-state index in [1.165, 1.54) is 0 Å². The fourth-order valence-electron chi connectivity index (χ4n) is 0.933. The van der Waals surface area contributed by atoms with Crippen molar-refractivity contribution in [2.24, 2.45) is 5.73 Å². The van der Waals surface area contributed by atoms with Gasteiger partial charge in [-0.05, 0) is 18.7 Å². The number of aromatic nitrogens is 1. The summed E-state index contributed by atoms with van der Waals surface area (Å²) < 4.78 is 0. The van der Waals surface area contributed by atoms with Gasteiger partial charge in [0.1, 0.15) is 0 Å². The second-order valence-electron chi connectivity index (χ2n) is 3.30. The van der Waals surface area contributed by atoms with E-state index in [2.05, 4.69) is 36.8 Å². The average molecular weight is 591 g/mol. The van der Waals surface area contributed by atoms with Crippen LogP contribution in [0.2, 0.25) is 0 Å². The molecular formula is C11H12Br2N2O4Pt. The maximum Gasteiger partial charge on any atom is 2.00 e. The number of carbonyl (C=O) groups is 2. The first-order chi connectivity index (χ1) is 8.90. The second kappa shape index (κ2) is 12.4. The van der Waals surface area contributed by atoms with Gasteiger partial charge in [0.15, 0.2) is 0 Å². The first-order valence-electron chi connectivity index (χ1n) is 5.20. The van der Waals surface area contributed by atoms with Crippen molar-refractivity contribution >= 4 is 43.8 Å². The van der Waals surface area contributed by atoms with Gasteiger partial charge in [-0.1, -0.05) is 37.9 Å². The van der Waals surface area contributed by atoms with Crippen molar-refractivity contribution in [1.82, 2.24) is 4.98 Å². The maximum atomic E-state index is 9.97. The molecule has 0 amide bonds. The van der Waals surface area contributed by atoms with Gasteiger partial charge in [0.25, 0.3) is 0 Å². The number of carboxylic acids is 2. The van der Waals surface area contributed by atoms with E-state index in [4.69, 9.17) is 5.73 Å². The molecule has 2 N–H and O–H groups in total. The second-order valence-corrected chi connectivity index (χ2v) is 5.27. The Morgan fingerprint density at radius 3 is 2.00 bits per heavy atom. The molecule has 0 saturated carbocycles. The van der Waals surface area contributed by atoms with E-state index < -0.39 is 21.6 Å². The summed E-state index contributed by atoms with van der Waals surface area (Å²) in [6.07, 6.45) is 2.66. The number of alkyl halides is 2. The first kappa shape index (κ1) is 22.0. The number of hydrogen-bond acceptors (Lipinski definition) is 6. The van der Waals surface area contributed by atoms with Crippen LogP contribution >= 0.6 is 31.9 Å². The Morgan fingerprint density at radius 1 is 1.20 bits per heavy atom. The van der Waals surface area contributed by atoms with Crippen LogP contribution < -0.4 is 15.9 Å². The fourth-order valence-corrected chi connectivity index (χ4v) is 1.36. The number of nitrogens with zero attached hydrogens (tertiary/aromatic N) is 1. The molecule has 1 aromatic rings. The predicted octanol–water partition coefficient (Wildman–Crippen LogP) is -1.41. The Balaban J connectivity index is 0. The predicted molar refractivity (Wildman–Crippen MR) is 72.4 cm³/mol. The number of halogens is 2. The summed E-state index contributed by atoms with van der Waals surface area (Å²) in [6, 6.07) is 5.85. The Morgan fingerprint density at radius 2 is 1.70 bits per heavy atom. The molecule has 0 radical (unpaired) electrons. The van der Waals surface area contributed by atoms with E-state index in [9.17, 15) is 19.8 Å². The molecule has 0 aliphatic heterocycles. The van der Waals surface area contributed by atoms with Gasteiger partial charge in [0.05, 0.1) is 21.6 Å². The molecule has 0 spiro atoms. The normalized spacial score (nSPS) is 12.2. The number of carboxylic acid groups (broad SMARTS) is 2. The summed E-state index contributed by atoms with van der Waals surface area (Å²) in [6.45, 7) is 0.678. The zero-order chi connectivity index (χ0) is 14.8. The van der Waals surface area contributed by atoms with E-state index in [-0.39, 0.29) is 21.1 Å². The van der Waals surface area contributed by atoms with E-state index in [1.54, 1.807) is 6.20 Å². The summed E-state index contributed by atoms with van der Waals surface area (Å²) in [7, 11) is 0. The van der Waals surface area contributed by atoms with E-state index in [1.807, 2.05) is 18.2 Å². The van der Waals surface area contributed by atoms with Crippen LogP contribution in [-0.4, -0.2) is 33.1 Å². The van der Waals surface area contributed by atoms with Crippen LogP contribution in [0, 0.1) is 0 Å². The van der Waals surface area contributed by atoms with Gasteiger partial charge in [-0.15, -0.1) is 0 Å². The van der Waals surface area contributed by atoms with Crippen LogP contribution in [-0.2, 0) is 37.1 Å². The van der Waals surface area contributed by atoms with Gasteiger partial charge in [0, 0.05) is 18.3 Å². The molecule has 0 fully saturated rings. The molecule has 1 rings (SSSR count). The van der Waals surface area contributed by atoms with Crippen molar-refractivity contribution in [3.8, 4) is 0 Å². The molecule has 0 saturated heterocycles. The van der Waals surface area contributed by atoms with Gasteiger partial charge in [-0.2, -0.15) is 0 Å². The summed E-state index contributed by atoms with van der Waals surface area (Å²) in [5.74, 6) is -2.99. The Bertz CT molecular complexity index is 391. The standard InChI is InChI=1S/C7H10N2.C4H4Br2O4.Pt/c8-5-4-7-3-1-2-6-9-7;5-1(3(7)8)2(6)4(9)10;/h1-3,6H,4-5,8H2;1-2H,(H,7,8)(H,9,10);/q;;+2/p-2. The summed E-state index contributed by atoms with van der Waals surface area (Å²) in [5, 5.41) is 19.9. The zero-order valence-corrected chi connectivity index (χ0v) is 15.6. The minimum Gasteiger partial charge on any atom is -0.549 e. The van der Waals surface area contributed by atoms with E-state index >= 15 is 0 Å². The average Bonchev–Trinajstić information content (AvgIpc) is 2.39. The number of carbonyl (C=O) groups excluding carboxylic acids is 2. The molecule has 0 aliphatic rings. The van der Waals surface area contributed by atoms with Crippen LogP contribution in [0.4, 0.5) is 0 Å². The van der Waals surface area contributed by atoms with Crippen molar-refractivity contribution in [2.75, 3.05) is 6.54 Å². The van der Waals surface area contributed by atoms with Gasteiger partial charge in [-0.25, -0.2) is 0 Å². The third-order valence-electron chi connectivity index (χ3n) is 1.83. The minimum absolute atomic E-state index is 0. The van der Waals surface area contributed by atoms with Crippen LogP contribution in [0.15, 0.2) is 24.4 Å². The first-order valence-corrected chi connectivity index (χ1v) is 7.03. The molecule has 1 aromatic heterocycles. The van der Waals surface area contributed by atoms with Crippen LogP contribution in [0.5, 0.6) is 0 Å². The van der Waals surface area contributed by atoms with E-state index in [0.29, 0.717) is 6.54 Å². The molecule has 2 atom stereocenters. The number of rotatable bonds is 5. The van der Waals surface area contributed by atoms with Crippen LogP contribution in [0.1, 0.15) is 5.69 Å². The Kier molecular flexibility index (Phi) is 13.7. The molecule has 0 aliphatic carbocycles. The smallest absolute Gasteiger partial charge is 0.549 e. The number of hydrogen-bond donors (Lipinski definition) is 1. The zero-order valence-electron chi connectivity index (χ0n) is 10.1. The monoisotopic (exact) mass is 589 g/mol. The molecule has 114 valence electrons. The summed E-state index contributed by atoms with van der Waals surface area (Å²) in [4.78, 5) is 21.5. The molecule has 20 heavy (non-hydrogen) atoms. The summed E-state index contributed by atoms with van der Waals surface area (Å²) >= 11 is 5.16. The SMILES string of the molecule is NCCc1ccccn1.O=C([O-])C(Br)C(Br)C(=O)[O-].[Pt+2]. The molecular weight excluding hydrogens is 579 g/mol. The van der Waals surface area contributed by atoms with Gasteiger partial charge in [-0.3, -0.25) is 4.98 Å².